The first-order chi connectivity index (χ1) is 10.2. The van der Waals surface area contributed by atoms with Crippen LogP contribution in [0.4, 0.5) is 0 Å². The molecule has 0 spiro atoms. The lowest BCUT2D eigenvalue weighted by Gasteiger charge is -2.17. The first-order valence-electron chi connectivity index (χ1n) is 6.77. The average Bonchev–Trinajstić information content (AvgIpc) is 2.54. The van der Waals surface area contributed by atoms with Gasteiger partial charge in [0.1, 0.15) is 5.75 Å². The second-order valence-electron chi connectivity index (χ2n) is 4.93. The molecular formula is C18H16ClNO. The normalized spacial score (nSPS) is 12.3. The molecule has 0 heterocycles. The van der Waals surface area contributed by atoms with Gasteiger partial charge < -0.3 is 10.5 Å². The monoisotopic (exact) mass is 297 g/mol. The van der Waals surface area contributed by atoms with E-state index < -0.39 is 0 Å². The Kier molecular flexibility index (Phi) is 3.82. The number of ether oxygens (including phenoxy) is 1. The molecule has 3 rings (SSSR count). The third kappa shape index (κ3) is 2.60. The summed E-state index contributed by atoms with van der Waals surface area (Å²) in [6.07, 6.45) is 0. The van der Waals surface area contributed by atoms with Crippen molar-refractivity contribution in [1.29, 1.82) is 0 Å². The minimum atomic E-state index is -0.196. The van der Waals surface area contributed by atoms with Gasteiger partial charge in [-0.25, -0.2) is 0 Å². The predicted molar refractivity (Wildman–Crippen MR) is 88.0 cm³/mol. The zero-order chi connectivity index (χ0) is 14.8. The van der Waals surface area contributed by atoms with Crippen LogP contribution in [-0.4, -0.2) is 7.11 Å². The molecule has 0 fully saturated rings. The second kappa shape index (κ2) is 5.76. The fraction of sp³-hybridized carbons (Fsp3) is 0.111. The fourth-order valence-electron chi connectivity index (χ4n) is 2.59. The maximum Gasteiger partial charge on any atom is 0.126 e. The van der Waals surface area contributed by atoms with Gasteiger partial charge in [-0.2, -0.15) is 0 Å². The van der Waals surface area contributed by atoms with Crippen LogP contribution in [0.1, 0.15) is 17.2 Å². The molecule has 0 amide bonds. The Morgan fingerprint density at radius 2 is 1.57 bits per heavy atom. The molecule has 0 saturated carbocycles. The van der Waals surface area contributed by atoms with Gasteiger partial charge in [0.15, 0.2) is 0 Å². The van der Waals surface area contributed by atoms with Gasteiger partial charge in [-0.3, -0.25) is 0 Å². The molecule has 3 aromatic rings. The summed E-state index contributed by atoms with van der Waals surface area (Å²) in [5, 5.41) is 2.90. The highest BCUT2D eigenvalue weighted by Gasteiger charge is 2.14. The number of hydrogen-bond acceptors (Lipinski definition) is 2. The highest BCUT2D eigenvalue weighted by molar-refractivity contribution is 6.30. The van der Waals surface area contributed by atoms with Crippen molar-refractivity contribution < 1.29 is 4.74 Å². The van der Waals surface area contributed by atoms with Crippen LogP contribution < -0.4 is 10.5 Å². The maximum atomic E-state index is 6.44. The molecule has 0 aliphatic heterocycles. The summed E-state index contributed by atoms with van der Waals surface area (Å²) in [5.74, 6) is 0.859. The molecule has 3 aromatic carbocycles. The van der Waals surface area contributed by atoms with Crippen molar-refractivity contribution in [2.45, 2.75) is 6.04 Å². The Bertz CT molecular complexity index is 768. The molecule has 1 unspecified atom stereocenters. The van der Waals surface area contributed by atoms with E-state index in [1.165, 1.54) is 0 Å². The predicted octanol–water partition coefficient (Wildman–Crippen LogP) is 4.55. The van der Waals surface area contributed by atoms with E-state index in [0.29, 0.717) is 5.02 Å². The van der Waals surface area contributed by atoms with Crippen LogP contribution in [-0.2, 0) is 0 Å². The molecule has 21 heavy (non-hydrogen) atoms. The van der Waals surface area contributed by atoms with Gasteiger partial charge in [0, 0.05) is 10.4 Å². The van der Waals surface area contributed by atoms with Crippen LogP contribution in [0.2, 0.25) is 5.02 Å². The summed E-state index contributed by atoms with van der Waals surface area (Å²) in [6.45, 7) is 0. The molecule has 0 bridgehead atoms. The van der Waals surface area contributed by atoms with Crippen LogP contribution in [0, 0.1) is 0 Å². The Hall–Kier alpha value is -2.03. The maximum absolute atomic E-state index is 6.44. The Balaban J connectivity index is 2.14. The van der Waals surface area contributed by atoms with E-state index in [4.69, 9.17) is 22.1 Å². The van der Waals surface area contributed by atoms with Crippen molar-refractivity contribution in [2.75, 3.05) is 7.11 Å². The minimum absolute atomic E-state index is 0.196. The molecule has 2 N–H and O–H groups in total. The van der Waals surface area contributed by atoms with Crippen LogP contribution in [0.25, 0.3) is 10.8 Å². The largest absolute Gasteiger partial charge is 0.496 e. The van der Waals surface area contributed by atoms with Crippen molar-refractivity contribution in [3.05, 3.63) is 76.8 Å². The lowest BCUT2D eigenvalue weighted by Crippen LogP contribution is -2.12. The van der Waals surface area contributed by atoms with E-state index in [1.807, 2.05) is 54.6 Å². The quantitative estimate of drug-likeness (QED) is 0.770. The van der Waals surface area contributed by atoms with Gasteiger partial charge in [-0.1, -0.05) is 54.1 Å². The SMILES string of the molecule is COc1ccc(C(N)c2ccc(Cl)cc2)c2ccccc12. The topological polar surface area (TPSA) is 35.2 Å². The molecule has 106 valence electrons. The first-order valence-corrected chi connectivity index (χ1v) is 7.15. The van der Waals surface area contributed by atoms with Crippen LogP contribution in [0.15, 0.2) is 60.7 Å². The Morgan fingerprint density at radius 3 is 2.24 bits per heavy atom. The Morgan fingerprint density at radius 1 is 0.905 bits per heavy atom. The van der Waals surface area contributed by atoms with E-state index in [0.717, 1.165) is 27.6 Å². The van der Waals surface area contributed by atoms with E-state index in [2.05, 4.69) is 6.07 Å². The summed E-state index contributed by atoms with van der Waals surface area (Å²) in [4.78, 5) is 0. The first kappa shape index (κ1) is 13.9. The molecule has 1 atom stereocenters. The summed E-state index contributed by atoms with van der Waals surface area (Å²) in [7, 11) is 1.68. The molecule has 0 saturated heterocycles. The van der Waals surface area contributed by atoms with Crippen molar-refractivity contribution in [3.63, 3.8) is 0 Å². The molecular weight excluding hydrogens is 282 g/mol. The highest BCUT2D eigenvalue weighted by Crippen LogP contribution is 2.33. The Labute approximate surface area is 129 Å². The van der Waals surface area contributed by atoms with Crippen molar-refractivity contribution in [3.8, 4) is 5.75 Å². The van der Waals surface area contributed by atoms with E-state index in [-0.39, 0.29) is 6.04 Å². The number of rotatable bonds is 3. The van der Waals surface area contributed by atoms with Gasteiger partial charge >= 0.3 is 0 Å². The van der Waals surface area contributed by atoms with Crippen LogP contribution in [0.5, 0.6) is 5.75 Å². The highest BCUT2D eigenvalue weighted by atomic mass is 35.5. The summed E-state index contributed by atoms with van der Waals surface area (Å²) < 4.78 is 5.43. The minimum Gasteiger partial charge on any atom is -0.496 e. The lowest BCUT2D eigenvalue weighted by atomic mass is 9.94. The summed E-state index contributed by atoms with van der Waals surface area (Å²) >= 11 is 5.94. The smallest absolute Gasteiger partial charge is 0.126 e. The van der Waals surface area contributed by atoms with Crippen molar-refractivity contribution in [2.24, 2.45) is 5.73 Å². The van der Waals surface area contributed by atoms with E-state index >= 15 is 0 Å². The van der Waals surface area contributed by atoms with Crippen molar-refractivity contribution in [1.82, 2.24) is 0 Å². The molecule has 0 radical (unpaired) electrons. The van der Waals surface area contributed by atoms with Crippen LogP contribution in [0.3, 0.4) is 0 Å². The van der Waals surface area contributed by atoms with Crippen LogP contribution >= 0.6 is 11.6 Å². The number of benzene rings is 3. The third-order valence-electron chi connectivity index (χ3n) is 3.70. The number of hydrogen-bond donors (Lipinski definition) is 1. The fourth-order valence-corrected chi connectivity index (χ4v) is 2.72. The molecule has 2 nitrogen and oxygen atoms in total. The van der Waals surface area contributed by atoms with Gasteiger partial charge in [-0.15, -0.1) is 0 Å². The van der Waals surface area contributed by atoms with Gasteiger partial charge in [0.2, 0.25) is 0 Å². The second-order valence-corrected chi connectivity index (χ2v) is 5.37. The molecule has 0 aromatic heterocycles. The number of fused-ring (bicyclic) bond motifs is 1. The number of nitrogens with two attached hydrogens (primary N) is 1. The zero-order valence-electron chi connectivity index (χ0n) is 11.7. The molecule has 0 aliphatic rings. The number of halogens is 1. The van der Waals surface area contributed by atoms with E-state index in [1.54, 1.807) is 7.11 Å². The average molecular weight is 298 g/mol. The van der Waals surface area contributed by atoms with Gasteiger partial charge in [0.05, 0.1) is 13.2 Å². The number of methoxy groups -OCH3 is 1. The van der Waals surface area contributed by atoms with Gasteiger partial charge in [-0.05, 0) is 34.7 Å². The van der Waals surface area contributed by atoms with Gasteiger partial charge in [0.25, 0.3) is 0 Å². The lowest BCUT2D eigenvalue weighted by molar-refractivity contribution is 0.419. The molecule has 3 heteroatoms. The third-order valence-corrected chi connectivity index (χ3v) is 3.95. The standard InChI is InChI=1S/C18H16ClNO/c1-21-17-11-10-16(14-4-2-3-5-15(14)17)18(20)12-6-8-13(19)9-7-12/h2-11,18H,20H2,1H3. The zero-order valence-corrected chi connectivity index (χ0v) is 12.5. The summed E-state index contributed by atoms with van der Waals surface area (Å²) in [5.41, 5.74) is 8.55. The van der Waals surface area contributed by atoms with Crippen molar-refractivity contribution >= 4 is 22.4 Å². The van der Waals surface area contributed by atoms with E-state index in [9.17, 15) is 0 Å². The summed E-state index contributed by atoms with van der Waals surface area (Å²) in [6, 6.07) is 19.6. The molecule has 0 aliphatic carbocycles.